The van der Waals surface area contributed by atoms with Gasteiger partial charge in [0.25, 0.3) is 0 Å². The van der Waals surface area contributed by atoms with Crippen molar-refractivity contribution in [2.45, 2.75) is 0 Å². The van der Waals surface area contributed by atoms with Gasteiger partial charge in [0.05, 0.1) is 18.1 Å². The number of benzene rings is 7. The molecule has 49 heavy (non-hydrogen) atoms. The van der Waals surface area contributed by atoms with Crippen LogP contribution in [0, 0.1) is 0 Å². The Kier molecular flexibility index (Phi) is 6.83. The van der Waals surface area contributed by atoms with Crippen LogP contribution < -0.4 is 0 Å². The molecule has 0 saturated heterocycles. The van der Waals surface area contributed by atoms with Crippen LogP contribution in [0.25, 0.3) is 83.9 Å². The topological polar surface area (TPSA) is 43.6 Å². The number of para-hydroxylation sites is 2. The number of rotatable bonds is 6. The molecule has 0 spiro atoms. The number of hydrogen-bond donors (Lipinski definition) is 0. The van der Waals surface area contributed by atoms with Gasteiger partial charge in [-0.25, -0.2) is 15.0 Å². The summed E-state index contributed by atoms with van der Waals surface area (Å²) in [6.07, 6.45) is 0. The van der Waals surface area contributed by atoms with E-state index in [2.05, 4.69) is 108 Å². The van der Waals surface area contributed by atoms with Crippen LogP contribution in [0.15, 0.2) is 182 Å². The number of nitrogens with zero attached hydrogens (tertiary/aromatic N) is 4. The monoisotopic (exact) mass is 627 g/mol. The van der Waals surface area contributed by atoms with Crippen molar-refractivity contribution in [3.63, 3.8) is 0 Å². The molecular weight excluding hydrogens is 597 g/mol. The highest BCUT2D eigenvalue weighted by Crippen LogP contribution is 2.38. The first-order chi connectivity index (χ1) is 24.7. The van der Waals surface area contributed by atoms with Gasteiger partial charge in [-0.1, -0.05) is 158 Å². The highest BCUT2D eigenvalue weighted by molar-refractivity contribution is 6.09. The SMILES string of the molecule is [2H]c1cc(-c2nc(-c3ccccc3)nc(-c3ccc(-c4ccccc4)cc3)n2)c(-n2c3ccccc3c3ccccc32)cc1-c1ccccc1. The van der Waals surface area contributed by atoms with E-state index in [4.69, 9.17) is 15.0 Å². The Balaban J connectivity index is 1.31. The zero-order valence-electron chi connectivity index (χ0n) is 27.5. The van der Waals surface area contributed by atoms with E-state index in [0.717, 1.165) is 66.4 Å². The average Bonchev–Trinajstić information content (AvgIpc) is 3.53. The highest BCUT2D eigenvalue weighted by atomic mass is 15.1. The molecule has 4 nitrogen and oxygen atoms in total. The Labute approximate surface area is 286 Å². The predicted molar refractivity (Wildman–Crippen MR) is 201 cm³/mol. The summed E-state index contributed by atoms with van der Waals surface area (Å²) in [4.78, 5) is 15.3. The summed E-state index contributed by atoms with van der Waals surface area (Å²) < 4.78 is 11.6. The molecule has 7 aromatic carbocycles. The first-order valence-corrected chi connectivity index (χ1v) is 16.4. The molecule has 0 aliphatic carbocycles. The molecule has 2 aromatic heterocycles. The fourth-order valence-corrected chi connectivity index (χ4v) is 6.59. The van der Waals surface area contributed by atoms with Gasteiger partial charge in [-0.15, -0.1) is 0 Å². The molecule has 0 atom stereocenters. The number of aromatic nitrogens is 4. The average molecular weight is 628 g/mol. The van der Waals surface area contributed by atoms with E-state index < -0.39 is 0 Å². The molecule has 4 heteroatoms. The minimum absolute atomic E-state index is 0.395. The van der Waals surface area contributed by atoms with Crippen LogP contribution in [0.5, 0.6) is 0 Å². The van der Waals surface area contributed by atoms with E-state index in [-0.39, 0.29) is 0 Å². The van der Waals surface area contributed by atoms with E-state index in [0.29, 0.717) is 23.5 Å². The van der Waals surface area contributed by atoms with E-state index in [9.17, 15) is 1.37 Å². The lowest BCUT2D eigenvalue weighted by Crippen LogP contribution is -2.04. The first-order valence-electron chi connectivity index (χ1n) is 16.9. The first kappa shape index (κ1) is 27.5. The Morgan fingerprint density at radius 1 is 0.367 bits per heavy atom. The molecule has 0 amide bonds. The van der Waals surface area contributed by atoms with Crippen molar-refractivity contribution in [1.82, 2.24) is 19.5 Å². The second-order valence-corrected chi connectivity index (χ2v) is 12.0. The molecule has 0 bridgehead atoms. The highest BCUT2D eigenvalue weighted by Gasteiger charge is 2.20. The lowest BCUT2D eigenvalue weighted by molar-refractivity contribution is 1.06. The molecule has 230 valence electrons. The molecular formula is C45H30N4. The minimum atomic E-state index is 0.395. The molecule has 0 aliphatic rings. The van der Waals surface area contributed by atoms with Gasteiger partial charge in [0, 0.05) is 27.5 Å². The third-order valence-corrected chi connectivity index (χ3v) is 8.99. The van der Waals surface area contributed by atoms with Gasteiger partial charge < -0.3 is 4.57 Å². The van der Waals surface area contributed by atoms with Crippen LogP contribution in [-0.4, -0.2) is 19.5 Å². The molecule has 0 aliphatic heterocycles. The largest absolute Gasteiger partial charge is 0.308 e. The quantitative estimate of drug-likeness (QED) is 0.184. The van der Waals surface area contributed by atoms with Crippen LogP contribution >= 0.6 is 0 Å². The van der Waals surface area contributed by atoms with Crippen molar-refractivity contribution >= 4 is 21.8 Å². The Hall–Kier alpha value is -6.65. The Morgan fingerprint density at radius 3 is 1.35 bits per heavy atom. The van der Waals surface area contributed by atoms with Crippen LogP contribution in [-0.2, 0) is 0 Å². The van der Waals surface area contributed by atoms with Crippen molar-refractivity contribution in [3.8, 4) is 62.1 Å². The maximum atomic E-state index is 9.31. The minimum Gasteiger partial charge on any atom is -0.308 e. The summed E-state index contributed by atoms with van der Waals surface area (Å²) in [5.41, 5.74) is 9.65. The van der Waals surface area contributed by atoms with Crippen LogP contribution in [0.2, 0.25) is 0 Å². The van der Waals surface area contributed by atoms with Crippen LogP contribution in [0.3, 0.4) is 0 Å². The van der Waals surface area contributed by atoms with Gasteiger partial charge in [-0.05, 0) is 46.5 Å². The molecule has 9 aromatic rings. The van der Waals surface area contributed by atoms with Crippen molar-refractivity contribution in [2.24, 2.45) is 0 Å². The molecule has 0 radical (unpaired) electrons. The Bertz CT molecular complexity index is 2580. The van der Waals surface area contributed by atoms with Crippen molar-refractivity contribution in [1.29, 1.82) is 0 Å². The van der Waals surface area contributed by atoms with Gasteiger partial charge in [-0.3, -0.25) is 0 Å². The molecule has 0 N–H and O–H groups in total. The van der Waals surface area contributed by atoms with Gasteiger partial charge in [0.2, 0.25) is 0 Å². The number of hydrogen-bond acceptors (Lipinski definition) is 3. The lowest BCUT2D eigenvalue weighted by atomic mass is 10.0. The van der Waals surface area contributed by atoms with Gasteiger partial charge in [0.1, 0.15) is 0 Å². The number of fused-ring (bicyclic) bond motifs is 3. The standard InChI is InChI=1S/C45H30N4/c1-4-14-31(15-5-1)33-24-26-35(27-25-33)44-46-43(34-18-8-3-9-19-34)47-45(48-44)39-29-28-36(32-16-6-2-7-17-32)30-42(39)49-40-22-12-10-20-37(40)38-21-11-13-23-41(38)49/h1-30H/i28D. The molecule has 0 saturated carbocycles. The summed E-state index contributed by atoms with van der Waals surface area (Å²) >= 11 is 0. The van der Waals surface area contributed by atoms with Crippen LogP contribution in [0.4, 0.5) is 0 Å². The maximum absolute atomic E-state index is 9.31. The zero-order chi connectivity index (χ0) is 33.4. The van der Waals surface area contributed by atoms with Gasteiger partial charge in [0.15, 0.2) is 17.5 Å². The second-order valence-electron chi connectivity index (χ2n) is 12.0. The van der Waals surface area contributed by atoms with Crippen molar-refractivity contribution in [3.05, 3.63) is 182 Å². The zero-order valence-corrected chi connectivity index (χ0v) is 26.5. The van der Waals surface area contributed by atoms with Crippen molar-refractivity contribution < 1.29 is 1.37 Å². The van der Waals surface area contributed by atoms with E-state index >= 15 is 0 Å². The Morgan fingerprint density at radius 2 is 0.776 bits per heavy atom. The summed E-state index contributed by atoms with van der Waals surface area (Å²) in [7, 11) is 0. The van der Waals surface area contributed by atoms with E-state index in [1.807, 2.05) is 72.8 Å². The maximum Gasteiger partial charge on any atom is 0.166 e. The molecule has 0 unspecified atom stereocenters. The lowest BCUT2D eigenvalue weighted by Gasteiger charge is -2.16. The summed E-state index contributed by atoms with van der Waals surface area (Å²) in [5, 5.41) is 2.31. The fourth-order valence-electron chi connectivity index (χ4n) is 6.59. The summed E-state index contributed by atoms with van der Waals surface area (Å²) in [6, 6.07) is 60.2. The van der Waals surface area contributed by atoms with Gasteiger partial charge in [-0.2, -0.15) is 0 Å². The molecule has 0 fully saturated rings. The van der Waals surface area contributed by atoms with E-state index in [1.165, 1.54) is 0 Å². The molecule has 9 rings (SSSR count). The normalized spacial score (nSPS) is 11.6. The summed E-state index contributed by atoms with van der Waals surface area (Å²) in [5.74, 6) is 1.65. The second kappa shape index (κ2) is 12.2. The third-order valence-electron chi connectivity index (χ3n) is 8.99. The van der Waals surface area contributed by atoms with E-state index in [1.54, 1.807) is 0 Å². The molecule has 2 heterocycles. The fraction of sp³-hybridized carbons (Fsp3) is 0. The third kappa shape index (κ3) is 5.26. The smallest absolute Gasteiger partial charge is 0.166 e. The van der Waals surface area contributed by atoms with Crippen LogP contribution in [0.1, 0.15) is 1.37 Å². The predicted octanol–water partition coefficient (Wildman–Crippen LogP) is 11.3. The van der Waals surface area contributed by atoms with Crippen molar-refractivity contribution in [2.75, 3.05) is 0 Å². The van der Waals surface area contributed by atoms with Gasteiger partial charge >= 0.3 is 0 Å². The summed E-state index contributed by atoms with van der Waals surface area (Å²) in [6.45, 7) is 0.